The number of ether oxygens (including phenoxy) is 3. The lowest BCUT2D eigenvalue weighted by Gasteiger charge is -2.37. The van der Waals surface area contributed by atoms with E-state index in [0.717, 1.165) is 57.8 Å². The summed E-state index contributed by atoms with van der Waals surface area (Å²) in [5.41, 5.74) is 0. The third-order valence-electron chi connectivity index (χ3n) is 4.88. The van der Waals surface area contributed by atoms with Crippen LogP contribution in [0, 0.1) is 5.92 Å². The minimum absolute atomic E-state index is 0.0936. The SMILES string of the molecule is CCNC(=NCC1COCCO1)N1CCN(CC2CCOC2)CC1. The molecule has 24 heavy (non-hydrogen) atoms. The molecule has 0 aromatic carbocycles. The van der Waals surface area contributed by atoms with Gasteiger partial charge in [0.25, 0.3) is 0 Å². The van der Waals surface area contributed by atoms with E-state index >= 15 is 0 Å². The highest BCUT2D eigenvalue weighted by Crippen LogP contribution is 2.15. The highest BCUT2D eigenvalue weighted by Gasteiger charge is 2.24. The largest absolute Gasteiger partial charge is 0.381 e. The van der Waals surface area contributed by atoms with Gasteiger partial charge in [0.1, 0.15) is 6.10 Å². The normalized spacial score (nSPS) is 29.9. The van der Waals surface area contributed by atoms with Crippen molar-refractivity contribution in [2.75, 3.05) is 78.8 Å². The first-order valence-electron chi connectivity index (χ1n) is 9.38. The summed E-state index contributed by atoms with van der Waals surface area (Å²) in [4.78, 5) is 9.71. The fourth-order valence-electron chi connectivity index (χ4n) is 3.49. The summed E-state index contributed by atoms with van der Waals surface area (Å²) in [7, 11) is 0. The van der Waals surface area contributed by atoms with Gasteiger partial charge in [0.2, 0.25) is 0 Å². The lowest BCUT2D eigenvalue weighted by molar-refractivity contribution is -0.0833. The molecule has 3 heterocycles. The third kappa shape index (κ3) is 5.31. The van der Waals surface area contributed by atoms with Crippen LogP contribution in [0.4, 0.5) is 0 Å². The average molecular weight is 340 g/mol. The zero-order valence-corrected chi connectivity index (χ0v) is 14.9. The lowest BCUT2D eigenvalue weighted by Crippen LogP contribution is -2.53. The Labute approximate surface area is 145 Å². The smallest absolute Gasteiger partial charge is 0.194 e. The molecule has 138 valence electrons. The summed E-state index contributed by atoms with van der Waals surface area (Å²) in [5.74, 6) is 1.73. The van der Waals surface area contributed by atoms with Crippen molar-refractivity contribution in [2.45, 2.75) is 19.4 Å². The summed E-state index contributed by atoms with van der Waals surface area (Å²) >= 11 is 0. The van der Waals surface area contributed by atoms with Crippen molar-refractivity contribution in [1.29, 1.82) is 0 Å². The third-order valence-corrected chi connectivity index (χ3v) is 4.88. The Balaban J connectivity index is 1.45. The molecule has 3 rings (SSSR count). The molecule has 0 amide bonds. The van der Waals surface area contributed by atoms with E-state index in [1.807, 2.05) is 0 Å². The second-order valence-corrected chi connectivity index (χ2v) is 6.78. The standard InChI is InChI=1S/C17H32N4O3/c1-2-18-17(19-11-16-14-23-9-10-24-16)21-6-4-20(5-7-21)12-15-3-8-22-13-15/h15-16H,2-14H2,1H3,(H,18,19). The Morgan fingerprint density at radius 3 is 2.58 bits per heavy atom. The van der Waals surface area contributed by atoms with Gasteiger partial charge in [-0.3, -0.25) is 9.89 Å². The maximum Gasteiger partial charge on any atom is 0.194 e. The van der Waals surface area contributed by atoms with E-state index < -0.39 is 0 Å². The van der Waals surface area contributed by atoms with Crippen LogP contribution in [0.2, 0.25) is 0 Å². The van der Waals surface area contributed by atoms with Crippen LogP contribution in [0.3, 0.4) is 0 Å². The number of nitrogens with zero attached hydrogens (tertiary/aromatic N) is 3. The second kappa shape index (κ2) is 9.56. The minimum atomic E-state index is 0.0936. The van der Waals surface area contributed by atoms with Gasteiger partial charge >= 0.3 is 0 Å². The topological polar surface area (TPSA) is 58.6 Å². The van der Waals surface area contributed by atoms with Crippen LogP contribution < -0.4 is 5.32 Å². The molecule has 3 aliphatic rings. The van der Waals surface area contributed by atoms with Crippen LogP contribution in [-0.4, -0.2) is 101 Å². The molecule has 3 fully saturated rings. The van der Waals surface area contributed by atoms with Crippen molar-refractivity contribution in [3.8, 4) is 0 Å². The number of rotatable bonds is 5. The molecular formula is C17H32N4O3. The maximum absolute atomic E-state index is 5.69. The number of hydrogen-bond acceptors (Lipinski definition) is 5. The molecule has 0 aliphatic carbocycles. The molecule has 2 unspecified atom stereocenters. The molecule has 0 aromatic rings. The summed E-state index contributed by atoms with van der Waals surface area (Å²) in [6.07, 6.45) is 1.31. The van der Waals surface area contributed by atoms with Crippen LogP contribution >= 0.6 is 0 Å². The van der Waals surface area contributed by atoms with Crippen molar-refractivity contribution in [1.82, 2.24) is 15.1 Å². The summed E-state index contributed by atoms with van der Waals surface area (Å²) < 4.78 is 16.6. The van der Waals surface area contributed by atoms with E-state index in [2.05, 4.69) is 22.0 Å². The van der Waals surface area contributed by atoms with E-state index in [9.17, 15) is 0 Å². The van der Waals surface area contributed by atoms with Crippen molar-refractivity contribution in [3.63, 3.8) is 0 Å². The van der Waals surface area contributed by atoms with Gasteiger partial charge in [-0.1, -0.05) is 0 Å². The fourth-order valence-corrected chi connectivity index (χ4v) is 3.49. The molecule has 3 aliphatic heterocycles. The van der Waals surface area contributed by atoms with Gasteiger partial charge in [0.15, 0.2) is 5.96 Å². The van der Waals surface area contributed by atoms with Gasteiger partial charge in [-0.25, -0.2) is 0 Å². The van der Waals surface area contributed by atoms with Crippen molar-refractivity contribution >= 4 is 5.96 Å². The van der Waals surface area contributed by atoms with Gasteiger partial charge < -0.3 is 24.4 Å². The second-order valence-electron chi connectivity index (χ2n) is 6.78. The molecule has 7 heteroatoms. The fraction of sp³-hybridized carbons (Fsp3) is 0.941. The predicted molar refractivity (Wildman–Crippen MR) is 93.5 cm³/mol. The molecule has 2 atom stereocenters. The molecule has 0 aromatic heterocycles. The van der Waals surface area contributed by atoms with Gasteiger partial charge in [-0.15, -0.1) is 0 Å². The van der Waals surface area contributed by atoms with Gasteiger partial charge in [-0.2, -0.15) is 0 Å². The lowest BCUT2D eigenvalue weighted by atomic mass is 10.1. The highest BCUT2D eigenvalue weighted by atomic mass is 16.6. The Bertz CT molecular complexity index is 387. The van der Waals surface area contributed by atoms with Crippen LogP contribution in [-0.2, 0) is 14.2 Å². The Morgan fingerprint density at radius 1 is 1.08 bits per heavy atom. The minimum Gasteiger partial charge on any atom is -0.381 e. The Hall–Kier alpha value is -0.890. The van der Waals surface area contributed by atoms with E-state index in [4.69, 9.17) is 19.2 Å². The van der Waals surface area contributed by atoms with Gasteiger partial charge in [0.05, 0.1) is 33.0 Å². The van der Waals surface area contributed by atoms with Gasteiger partial charge in [0, 0.05) is 45.9 Å². The number of piperazine rings is 1. The van der Waals surface area contributed by atoms with Gasteiger partial charge in [-0.05, 0) is 19.3 Å². The van der Waals surface area contributed by atoms with E-state index in [1.54, 1.807) is 0 Å². The summed E-state index contributed by atoms with van der Waals surface area (Å²) in [5, 5.41) is 3.42. The molecular weight excluding hydrogens is 308 g/mol. The Kier molecular flexibility index (Phi) is 7.13. The van der Waals surface area contributed by atoms with Crippen molar-refractivity contribution in [3.05, 3.63) is 0 Å². The number of nitrogens with one attached hydrogen (secondary N) is 1. The number of hydrogen-bond donors (Lipinski definition) is 1. The van der Waals surface area contributed by atoms with Crippen molar-refractivity contribution in [2.24, 2.45) is 10.9 Å². The molecule has 1 N–H and O–H groups in total. The molecule has 0 radical (unpaired) electrons. The molecule has 0 spiro atoms. The first-order valence-corrected chi connectivity index (χ1v) is 9.38. The number of guanidine groups is 1. The molecule has 7 nitrogen and oxygen atoms in total. The maximum atomic E-state index is 5.69. The van der Waals surface area contributed by atoms with Crippen LogP contribution in [0.25, 0.3) is 0 Å². The monoisotopic (exact) mass is 340 g/mol. The van der Waals surface area contributed by atoms with Crippen LogP contribution in [0.15, 0.2) is 4.99 Å². The quantitative estimate of drug-likeness (QED) is 0.563. The first-order chi connectivity index (χ1) is 11.8. The zero-order valence-electron chi connectivity index (χ0n) is 14.9. The number of aliphatic imine (C=N–C) groups is 1. The zero-order chi connectivity index (χ0) is 16.6. The van der Waals surface area contributed by atoms with E-state index in [-0.39, 0.29) is 6.10 Å². The van der Waals surface area contributed by atoms with Crippen molar-refractivity contribution < 1.29 is 14.2 Å². The first kappa shape index (κ1) is 17.9. The predicted octanol–water partition coefficient (Wildman–Crippen LogP) is 0.0214. The van der Waals surface area contributed by atoms with Crippen LogP contribution in [0.5, 0.6) is 0 Å². The van der Waals surface area contributed by atoms with E-state index in [1.165, 1.54) is 13.0 Å². The van der Waals surface area contributed by atoms with Crippen LogP contribution in [0.1, 0.15) is 13.3 Å². The average Bonchev–Trinajstić information content (AvgIpc) is 3.13. The summed E-state index contributed by atoms with van der Waals surface area (Å²) in [6.45, 7) is 13.0. The molecule has 3 saturated heterocycles. The van der Waals surface area contributed by atoms with E-state index in [0.29, 0.717) is 26.4 Å². The highest BCUT2D eigenvalue weighted by molar-refractivity contribution is 5.80. The Morgan fingerprint density at radius 2 is 1.92 bits per heavy atom. The summed E-state index contributed by atoms with van der Waals surface area (Å²) in [6, 6.07) is 0. The molecule has 0 saturated carbocycles. The molecule has 0 bridgehead atoms.